The highest BCUT2D eigenvalue weighted by Crippen LogP contribution is 2.54. The number of imidazole rings is 1. The van der Waals surface area contributed by atoms with Crippen molar-refractivity contribution in [3.63, 3.8) is 0 Å². The molecular weight excluding hydrogens is 521 g/mol. The van der Waals surface area contributed by atoms with E-state index in [0.717, 1.165) is 10.2 Å². The highest BCUT2D eigenvalue weighted by Gasteiger charge is 2.63. The van der Waals surface area contributed by atoms with Crippen LogP contribution in [-0.4, -0.2) is 21.6 Å². The van der Waals surface area contributed by atoms with Crippen molar-refractivity contribution in [2.75, 3.05) is 0 Å². The van der Waals surface area contributed by atoms with Crippen molar-refractivity contribution in [2.45, 2.75) is 39.0 Å². The smallest absolute Gasteiger partial charge is 0.403 e. The van der Waals surface area contributed by atoms with Gasteiger partial charge in [0, 0.05) is 21.4 Å². The summed E-state index contributed by atoms with van der Waals surface area (Å²) in [6.07, 6.45) is -4.23. The number of nitrogens with zero attached hydrogens (tertiary/aromatic N) is 3. The van der Waals surface area contributed by atoms with Crippen LogP contribution in [0, 0.1) is 12.3 Å². The fraction of sp³-hybridized carbons (Fsp3) is 0.304. The number of aromatic nitrogens is 2. The number of hydrogen-bond donors (Lipinski definition) is 1. The second-order valence-electron chi connectivity index (χ2n) is 7.92. The number of rotatable bonds is 5. The molecule has 33 heavy (non-hydrogen) atoms. The van der Waals surface area contributed by atoms with Gasteiger partial charge in [-0.25, -0.2) is 4.98 Å². The van der Waals surface area contributed by atoms with Crippen molar-refractivity contribution < 1.29 is 17.9 Å². The van der Waals surface area contributed by atoms with Crippen molar-refractivity contribution >= 4 is 33.4 Å². The Kier molecular flexibility index (Phi) is 6.46. The lowest BCUT2D eigenvalue weighted by atomic mass is 9.68. The van der Waals surface area contributed by atoms with Crippen LogP contribution in [0.4, 0.5) is 13.2 Å². The quantitative estimate of drug-likeness (QED) is 0.167. The zero-order valence-corrected chi connectivity index (χ0v) is 20.0. The molecule has 4 rings (SSSR count). The summed E-state index contributed by atoms with van der Waals surface area (Å²) in [4.78, 5) is 4.70. The lowest BCUT2D eigenvalue weighted by molar-refractivity contribution is -0.226. The standard InChI is InChI=1S/C23H21BrClF3N4O/c1-14-19(13-33-21(31-29)22(11-4-12-22)23(26,27)28)30-20(17-5-2-3-6-18(17)25)32(14)16-9-7-15(24)8-10-16/h2-3,5-10H,4,11-13,29H2,1H3/b31-21-. The van der Waals surface area contributed by atoms with Gasteiger partial charge in [-0.05, 0) is 56.2 Å². The second-order valence-corrected chi connectivity index (χ2v) is 9.24. The lowest BCUT2D eigenvalue weighted by Crippen LogP contribution is -2.51. The SMILES string of the molecule is Cc1c(CO/C(=N\N)C2(C(F)(F)F)CCC2)nc(-c2ccccc2Cl)n1-c1ccc(Br)cc1. The fourth-order valence-corrected chi connectivity index (χ4v) is 4.48. The third-order valence-electron chi connectivity index (χ3n) is 6.03. The zero-order valence-electron chi connectivity index (χ0n) is 17.7. The van der Waals surface area contributed by atoms with Gasteiger partial charge in [0.1, 0.15) is 17.8 Å². The van der Waals surface area contributed by atoms with Gasteiger partial charge in [-0.15, -0.1) is 5.10 Å². The Balaban J connectivity index is 1.73. The van der Waals surface area contributed by atoms with Crippen LogP contribution in [0.15, 0.2) is 58.1 Å². The fourth-order valence-electron chi connectivity index (χ4n) is 4.00. The molecule has 1 aliphatic rings. The zero-order chi connectivity index (χ0) is 23.8. The number of hydrogen-bond acceptors (Lipinski definition) is 4. The number of halogens is 5. The van der Waals surface area contributed by atoms with Crippen LogP contribution in [0.25, 0.3) is 17.1 Å². The molecule has 0 spiro atoms. The summed E-state index contributed by atoms with van der Waals surface area (Å²) in [6, 6.07) is 14.8. The van der Waals surface area contributed by atoms with Crippen LogP contribution in [0.1, 0.15) is 30.7 Å². The minimum Gasteiger partial charge on any atom is -0.473 e. The second kappa shape index (κ2) is 9.02. The Morgan fingerprint density at radius 2 is 1.88 bits per heavy atom. The van der Waals surface area contributed by atoms with Crippen molar-refractivity contribution in [1.82, 2.24) is 9.55 Å². The average Bonchev–Trinajstić information content (AvgIpc) is 3.05. The van der Waals surface area contributed by atoms with E-state index in [0.29, 0.717) is 34.2 Å². The summed E-state index contributed by atoms with van der Waals surface area (Å²) in [6.45, 7) is 1.62. The van der Waals surface area contributed by atoms with Gasteiger partial charge in [0.15, 0.2) is 0 Å². The molecule has 2 aromatic carbocycles. The van der Waals surface area contributed by atoms with E-state index in [1.54, 1.807) is 6.07 Å². The molecule has 0 saturated heterocycles. The molecule has 1 aliphatic carbocycles. The first kappa shape index (κ1) is 23.6. The molecule has 0 bridgehead atoms. The van der Waals surface area contributed by atoms with E-state index in [9.17, 15) is 13.2 Å². The molecule has 1 saturated carbocycles. The third-order valence-corrected chi connectivity index (χ3v) is 6.89. The third kappa shape index (κ3) is 4.24. The molecule has 1 fully saturated rings. The predicted octanol–water partition coefficient (Wildman–Crippen LogP) is 6.79. The number of alkyl halides is 3. The highest BCUT2D eigenvalue weighted by atomic mass is 79.9. The van der Waals surface area contributed by atoms with Gasteiger partial charge >= 0.3 is 6.18 Å². The van der Waals surface area contributed by atoms with Gasteiger partial charge in [-0.1, -0.05) is 46.1 Å². The monoisotopic (exact) mass is 540 g/mol. The van der Waals surface area contributed by atoms with Crippen molar-refractivity contribution in [2.24, 2.45) is 16.4 Å². The highest BCUT2D eigenvalue weighted by molar-refractivity contribution is 9.10. The Bertz CT molecular complexity index is 1190. The molecule has 0 aliphatic heterocycles. The van der Waals surface area contributed by atoms with Gasteiger partial charge in [0.25, 0.3) is 0 Å². The number of nitrogens with two attached hydrogens (primary N) is 1. The summed E-state index contributed by atoms with van der Waals surface area (Å²) < 4.78 is 49.6. The molecule has 1 heterocycles. The summed E-state index contributed by atoms with van der Waals surface area (Å²) in [5.74, 6) is 5.39. The molecule has 5 nitrogen and oxygen atoms in total. The van der Waals surface area contributed by atoms with Gasteiger partial charge in [0.2, 0.25) is 5.90 Å². The number of hydrazone groups is 1. The Labute approximate surface area is 202 Å². The summed E-state index contributed by atoms with van der Waals surface area (Å²) >= 11 is 9.87. The molecule has 10 heteroatoms. The summed E-state index contributed by atoms with van der Waals surface area (Å²) in [5, 5.41) is 3.88. The van der Waals surface area contributed by atoms with E-state index in [1.165, 1.54) is 0 Å². The van der Waals surface area contributed by atoms with E-state index in [1.807, 2.05) is 54.0 Å². The molecule has 0 atom stereocenters. The molecule has 0 amide bonds. The summed E-state index contributed by atoms with van der Waals surface area (Å²) in [5.41, 5.74) is 0.553. The largest absolute Gasteiger partial charge is 0.473 e. The lowest BCUT2D eigenvalue weighted by Gasteiger charge is -2.42. The van der Waals surface area contributed by atoms with E-state index in [4.69, 9.17) is 27.2 Å². The maximum atomic E-state index is 13.7. The first-order chi connectivity index (χ1) is 15.7. The maximum absolute atomic E-state index is 13.7. The molecular formula is C23H21BrClF3N4O. The van der Waals surface area contributed by atoms with E-state index < -0.39 is 17.5 Å². The van der Waals surface area contributed by atoms with Crippen molar-refractivity contribution in [1.29, 1.82) is 0 Å². The predicted molar refractivity (Wildman–Crippen MR) is 125 cm³/mol. The van der Waals surface area contributed by atoms with Gasteiger partial charge in [-0.2, -0.15) is 13.2 Å². The van der Waals surface area contributed by atoms with Crippen LogP contribution >= 0.6 is 27.5 Å². The van der Waals surface area contributed by atoms with Crippen LogP contribution < -0.4 is 5.84 Å². The van der Waals surface area contributed by atoms with Crippen molar-refractivity contribution in [3.8, 4) is 17.1 Å². The number of benzene rings is 2. The first-order valence-electron chi connectivity index (χ1n) is 10.2. The van der Waals surface area contributed by atoms with Crippen molar-refractivity contribution in [3.05, 3.63) is 69.4 Å². The molecule has 3 aromatic rings. The molecule has 174 valence electrons. The topological polar surface area (TPSA) is 65.4 Å². The Hall–Kier alpha value is -2.52. The molecule has 0 unspecified atom stereocenters. The number of ether oxygens (including phenoxy) is 1. The van der Waals surface area contributed by atoms with Gasteiger partial charge < -0.3 is 10.6 Å². The van der Waals surface area contributed by atoms with Gasteiger partial charge in [0.05, 0.1) is 10.7 Å². The van der Waals surface area contributed by atoms with Crippen LogP contribution in [0.2, 0.25) is 5.02 Å². The van der Waals surface area contributed by atoms with Crippen LogP contribution in [0.3, 0.4) is 0 Å². The molecule has 1 aromatic heterocycles. The van der Waals surface area contributed by atoms with Crippen LogP contribution in [-0.2, 0) is 11.3 Å². The average molecular weight is 542 g/mol. The normalized spacial score (nSPS) is 15.9. The van der Waals surface area contributed by atoms with E-state index >= 15 is 0 Å². The minimum absolute atomic E-state index is 0.0935. The summed E-state index contributed by atoms with van der Waals surface area (Å²) in [7, 11) is 0. The van der Waals surface area contributed by atoms with E-state index in [2.05, 4.69) is 21.0 Å². The first-order valence-corrected chi connectivity index (χ1v) is 11.4. The Morgan fingerprint density at radius 3 is 2.42 bits per heavy atom. The Morgan fingerprint density at radius 1 is 1.21 bits per heavy atom. The molecule has 0 radical (unpaired) electrons. The maximum Gasteiger partial charge on any atom is 0.403 e. The minimum atomic E-state index is -4.49. The van der Waals surface area contributed by atoms with E-state index in [-0.39, 0.29) is 19.4 Å². The molecule has 2 N–H and O–H groups in total. The van der Waals surface area contributed by atoms with Gasteiger partial charge in [-0.3, -0.25) is 4.57 Å². The van der Waals surface area contributed by atoms with Crippen LogP contribution in [0.5, 0.6) is 0 Å².